The van der Waals surface area contributed by atoms with Crippen molar-refractivity contribution in [2.75, 3.05) is 6.54 Å². The molecule has 2 rings (SSSR count). The first-order valence-electron chi connectivity index (χ1n) is 7.32. The third kappa shape index (κ3) is 2.44. The maximum absolute atomic E-state index is 11.8. The highest BCUT2D eigenvalue weighted by molar-refractivity contribution is 5.95. The highest BCUT2D eigenvalue weighted by Crippen LogP contribution is 2.63. The molecule has 0 N–H and O–H groups in total. The number of carbonyl (C=O) groups excluding carboxylic acids is 1. The zero-order chi connectivity index (χ0) is 14.5. The van der Waals surface area contributed by atoms with Gasteiger partial charge in [-0.3, -0.25) is 9.79 Å². The van der Waals surface area contributed by atoms with Crippen molar-refractivity contribution in [2.24, 2.45) is 21.7 Å². The molecule has 3 heteroatoms. The lowest BCUT2D eigenvalue weighted by Gasteiger charge is -2.34. The summed E-state index contributed by atoms with van der Waals surface area (Å²) in [5.41, 5.74) is 1.31. The van der Waals surface area contributed by atoms with Crippen LogP contribution in [-0.4, -0.2) is 23.8 Å². The SMILES string of the molecule is CC(C)(C)OC(=O)CN=C1CC2CC[C@@]1(C)C2(C)C. The van der Waals surface area contributed by atoms with Crippen LogP contribution in [0.2, 0.25) is 0 Å². The molecule has 0 saturated heterocycles. The van der Waals surface area contributed by atoms with Crippen LogP contribution in [0.4, 0.5) is 0 Å². The molecule has 1 unspecified atom stereocenters. The van der Waals surface area contributed by atoms with Gasteiger partial charge in [0.1, 0.15) is 12.1 Å². The lowest BCUT2D eigenvalue weighted by atomic mass is 9.70. The first kappa shape index (κ1) is 14.5. The number of ether oxygens (including phenoxy) is 1. The lowest BCUT2D eigenvalue weighted by Crippen LogP contribution is -2.33. The number of rotatable bonds is 2. The van der Waals surface area contributed by atoms with Crippen molar-refractivity contribution in [3.8, 4) is 0 Å². The predicted octanol–water partition coefficient (Wildman–Crippen LogP) is 3.62. The maximum Gasteiger partial charge on any atom is 0.328 e. The Hall–Kier alpha value is -0.860. The van der Waals surface area contributed by atoms with E-state index >= 15 is 0 Å². The van der Waals surface area contributed by atoms with Crippen LogP contribution in [0.3, 0.4) is 0 Å². The molecular weight excluding hydrogens is 238 g/mol. The molecule has 0 aromatic carbocycles. The van der Waals surface area contributed by atoms with Gasteiger partial charge in [-0.05, 0) is 51.4 Å². The number of carbonyl (C=O) groups is 1. The quantitative estimate of drug-likeness (QED) is 0.715. The summed E-state index contributed by atoms with van der Waals surface area (Å²) < 4.78 is 5.32. The van der Waals surface area contributed by atoms with Crippen molar-refractivity contribution in [1.82, 2.24) is 0 Å². The molecule has 2 atom stereocenters. The Balaban J connectivity index is 2.05. The number of esters is 1. The van der Waals surface area contributed by atoms with E-state index in [2.05, 4.69) is 25.8 Å². The van der Waals surface area contributed by atoms with E-state index in [-0.39, 0.29) is 17.9 Å². The van der Waals surface area contributed by atoms with Gasteiger partial charge in [0.25, 0.3) is 0 Å². The van der Waals surface area contributed by atoms with Gasteiger partial charge in [0.05, 0.1) is 0 Å². The summed E-state index contributed by atoms with van der Waals surface area (Å²) in [6, 6.07) is 0. The number of nitrogens with zero attached hydrogens (tertiary/aromatic N) is 1. The molecule has 0 radical (unpaired) electrons. The molecule has 108 valence electrons. The van der Waals surface area contributed by atoms with Crippen molar-refractivity contribution in [2.45, 2.75) is 66.4 Å². The zero-order valence-corrected chi connectivity index (χ0v) is 13.2. The Morgan fingerprint density at radius 2 is 2.00 bits per heavy atom. The van der Waals surface area contributed by atoms with Gasteiger partial charge in [-0.1, -0.05) is 20.8 Å². The molecular formula is C16H27NO2. The van der Waals surface area contributed by atoms with E-state index in [1.165, 1.54) is 18.6 Å². The van der Waals surface area contributed by atoms with Crippen LogP contribution in [0, 0.1) is 16.7 Å². The number of hydrogen-bond donors (Lipinski definition) is 0. The summed E-state index contributed by atoms with van der Waals surface area (Å²) in [6.45, 7) is 12.8. The minimum Gasteiger partial charge on any atom is -0.459 e. The Morgan fingerprint density at radius 3 is 2.42 bits per heavy atom. The van der Waals surface area contributed by atoms with E-state index in [1.807, 2.05) is 20.8 Å². The fourth-order valence-corrected chi connectivity index (χ4v) is 3.70. The second-order valence-electron chi connectivity index (χ2n) is 7.84. The van der Waals surface area contributed by atoms with Gasteiger partial charge in [0.2, 0.25) is 0 Å². The van der Waals surface area contributed by atoms with E-state index in [1.54, 1.807) is 0 Å². The van der Waals surface area contributed by atoms with Gasteiger partial charge >= 0.3 is 5.97 Å². The summed E-state index contributed by atoms with van der Waals surface area (Å²) in [6.07, 6.45) is 3.57. The molecule has 2 bridgehead atoms. The minimum atomic E-state index is -0.422. The highest BCUT2D eigenvalue weighted by Gasteiger charge is 2.59. The average Bonchev–Trinajstić information content (AvgIpc) is 2.56. The standard InChI is InChI=1S/C16H27NO2/c1-14(2,3)19-13(18)10-17-12-9-11-7-8-16(12,6)15(11,4)5/h11H,7-10H2,1-6H3/t11?,16-/m1/s1. The van der Waals surface area contributed by atoms with Crippen molar-refractivity contribution < 1.29 is 9.53 Å². The van der Waals surface area contributed by atoms with E-state index in [4.69, 9.17) is 4.74 Å². The molecule has 2 saturated carbocycles. The van der Waals surface area contributed by atoms with Crippen LogP contribution in [0.1, 0.15) is 60.8 Å². The minimum absolute atomic E-state index is 0.172. The van der Waals surface area contributed by atoms with Crippen LogP contribution in [0.5, 0.6) is 0 Å². The zero-order valence-electron chi connectivity index (χ0n) is 13.2. The van der Waals surface area contributed by atoms with Crippen molar-refractivity contribution in [3.05, 3.63) is 0 Å². The molecule has 0 amide bonds. The van der Waals surface area contributed by atoms with E-state index in [0.717, 1.165) is 12.3 Å². The molecule has 0 heterocycles. The Labute approximate surface area is 116 Å². The number of fused-ring (bicyclic) bond motifs is 2. The molecule has 2 fully saturated rings. The van der Waals surface area contributed by atoms with Crippen molar-refractivity contribution >= 4 is 11.7 Å². The van der Waals surface area contributed by atoms with Gasteiger partial charge in [-0.15, -0.1) is 0 Å². The van der Waals surface area contributed by atoms with Crippen LogP contribution in [-0.2, 0) is 9.53 Å². The summed E-state index contributed by atoms with van der Waals surface area (Å²) in [5, 5.41) is 0. The normalized spacial score (nSPS) is 34.8. The molecule has 0 aromatic rings. The Kier molecular flexibility index (Phi) is 3.31. The third-order valence-electron chi connectivity index (χ3n) is 5.33. The van der Waals surface area contributed by atoms with Crippen LogP contribution in [0.15, 0.2) is 4.99 Å². The Morgan fingerprint density at radius 1 is 1.37 bits per heavy atom. The first-order chi connectivity index (χ1) is 8.56. The van der Waals surface area contributed by atoms with Crippen LogP contribution in [0.25, 0.3) is 0 Å². The van der Waals surface area contributed by atoms with Crippen molar-refractivity contribution in [1.29, 1.82) is 0 Å². The number of hydrogen-bond acceptors (Lipinski definition) is 3. The van der Waals surface area contributed by atoms with E-state index in [0.29, 0.717) is 5.41 Å². The fourth-order valence-electron chi connectivity index (χ4n) is 3.70. The second kappa shape index (κ2) is 4.32. The summed E-state index contributed by atoms with van der Waals surface area (Å²) in [5.74, 6) is 0.513. The summed E-state index contributed by atoms with van der Waals surface area (Å²) in [4.78, 5) is 16.4. The van der Waals surface area contributed by atoms with E-state index < -0.39 is 5.60 Å². The fraction of sp³-hybridized carbons (Fsp3) is 0.875. The molecule has 0 spiro atoms. The monoisotopic (exact) mass is 265 g/mol. The molecule has 0 aromatic heterocycles. The van der Waals surface area contributed by atoms with Gasteiger partial charge in [0.15, 0.2) is 0 Å². The lowest BCUT2D eigenvalue weighted by molar-refractivity contribution is -0.152. The van der Waals surface area contributed by atoms with Gasteiger partial charge < -0.3 is 4.74 Å². The molecule has 0 aliphatic heterocycles. The Bertz CT molecular complexity index is 417. The smallest absolute Gasteiger partial charge is 0.328 e. The summed E-state index contributed by atoms with van der Waals surface area (Å²) >= 11 is 0. The van der Waals surface area contributed by atoms with Crippen LogP contribution < -0.4 is 0 Å². The van der Waals surface area contributed by atoms with Gasteiger partial charge in [0, 0.05) is 11.1 Å². The largest absolute Gasteiger partial charge is 0.459 e. The second-order valence-corrected chi connectivity index (χ2v) is 7.84. The van der Waals surface area contributed by atoms with Gasteiger partial charge in [-0.25, -0.2) is 0 Å². The molecule has 19 heavy (non-hydrogen) atoms. The maximum atomic E-state index is 11.8. The van der Waals surface area contributed by atoms with Gasteiger partial charge in [-0.2, -0.15) is 0 Å². The predicted molar refractivity (Wildman–Crippen MR) is 77.4 cm³/mol. The van der Waals surface area contributed by atoms with Crippen LogP contribution >= 0.6 is 0 Å². The number of aliphatic imine (C=N–C) groups is 1. The molecule has 2 aliphatic rings. The molecule has 2 aliphatic carbocycles. The molecule has 3 nitrogen and oxygen atoms in total. The van der Waals surface area contributed by atoms with E-state index in [9.17, 15) is 4.79 Å². The average molecular weight is 265 g/mol. The van der Waals surface area contributed by atoms with Crippen molar-refractivity contribution in [3.63, 3.8) is 0 Å². The third-order valence-corrected chi connectivity index (χ3v) is 5.33. The topological polar surface area (TPSA) is 38.7 Å². The highest BCUT2D eigenvalue weighted by atomic mass is 16.6. The first-order valence-corrected chi connectivity index (χ1v) is 7.32. The summed E-state index contributed by atoms with van der Waals surface area (Å²) in [7, 11) is 0.